The first-order chi connectivity index (χ1) is 7.22. The summed E-state index contributed by atoms with van der Waals surface area (Å²) in [5, 5.41) is 2.89. The van der Waals surface area contributed by atoms with Crippen LogP contribution in [0, 0.1) is 17.8 Å². The van der Waals surface area contributed by atoms with Crippen LogP contribution in [0.5, 0.6) is 0 Å². The molecule has 0 aromatic carbocycles. The normalized spacial score (nSPS) is 18.0. The van der Waals surface area contributed by atoms with Crippen molar-refractivity contribution < 1.29 is 4.79 Å². The van der Waals surface area contributed by atoms with E-state index in [1.807, 2.05) is 0 Å². The van der Waals surface area contributed by atoms with Gasteiger partial charge in [0, 0.05) is 6.04 Å². The van der Waals surface area contributed by atoms with Crippen LogP contribution < -0.4 is 5.32 Å². The second-order valence-electron chi connectivity index (χ2n) is 4.48. The van der Waals surface area contributed by atoms with Gasteiger partial charge in [-0.1, -0.05) is 31.6 Å². The molecule has 1 rings (SSSR count). The van der Waals surface area contributed by atoms with E-state index in [9.17, 15) is 4.79 Å². The molecule has 1 aliphatic carbocycles. The van der Waals surface area contributed by atoms with E-state index in [1.54, 1.807) is 6.92 Å². The van der Waals surface area contributed by atoms with Crippen LogP contribution >= 0.6 is 0 Å². The standard InChI is InChI=1S/C13H21NO/c1-3-6-13(15)14-11(2)9-10-12-7-4-5-8-12/h11-12H,4-5,7-10H2,1-2H3,(H,14,15)/t11-/m1/s1. The summed E-state index contributed by atoms with van der Waals surface area (Å²) in [5.74, 6) is 5.87. The predicted molar refractivity (Wildman–Crippen MR) is 62.2 cm³/mol. The Morgan fingerprint density at radius 3 is 2.73 bits per heavy atom. The van der Waals surface area contributed by atoms with Gasteiger partial charge in [-0.3, -0.25) is 4.79 Å². The van der Waals surface area contributed by atoms with Crippen LogP contribution in [0.25, 0.3) is 0 Å². The summed E-state index contributed by atoms with van der Waals surface area (Å²) in [5.41, 5.74) is 0. The Bertz CT molecular complexity index is 255. The van der Waals surface area contributed by atoms with Crippen molar-refractivity contribution in [1.82, 2.24) is 5.32 Å². The molecule has 2 nitrogen and oxygen atoms in total. The Hall–Kier alpha value is -0.970. The Morgan fingerprint density at radius 1 is 1.47 bits per heavy atom. The van der Waals surface area contributed by atoms with Crippen LogP contribution in [0.15, 0.2) is 0 Å². The maximum Gasteiger partial charge on any atom is 0.296 e. The molecule has 0 spiro atoms. The van der Waals surface area contributed by atoms with Gasteiger partial charge in [-0.05, 0) is 38.5 Å². The summed E-state index contributed by atoms with van der Waals surface area (Å²) >= 11 is 0. The first-order valence-corrected chi connectivity index (χ1v) is 5.95. The molecule has 0 aromatic rings. The predicted octanol–water partition coefficient (Wildman–Crippen LogP) is 2.48. The minimum atomic E-state index is -0.142. The van der Waals surface area contributed by atoms with Crippen LogP contribution in [0.3, 0.4) is 0 Å². The van der Waals surface area contributed by atoms with Crippen LogP contribution in [-0.2, 0) is 4.79 Å². The maximum atomic E-state index is 11.2. The second kappa shape index (κ2) is 6.50. The van der Waals surface area contributed by atoms with Gasteiger partial charge < -0.3 is 5.32 Å². The minimum Gasteiger partial charge on any atom is -0.343 e. The molecule has 0 radical (unpaired) electrons. The third kappa shape index (κ3) is 4.88. The molecule has 0 aliphatic heterocycles. The minimum absolute atomic E-state index is 0.142. The van der Waals surface area contributed by atoms with Crippen molar-refractivity contribution in [3.63, 3.8) is 0 Å². The lowest BCUT2D eigenvalue weighted by atomic mass is 9.99. The number of amides is 1. The molecule has 0 aromatic heterocycles. The fraction of sp³-hybridized carbons (Fsp3) is 0.769. The molecule has 1 fully saturated rings. The molecule has 0 unspecified atom stereocenters. The molecular formula is C13H21NO. The van der Waals surface area contributed by atoms with Gasteiger partial charge in [0.15, 0.2) is 0 Å². The van der Waals surface area contributed by atoms with E-state index in [-0.39, 0.29) is 11.9 Å². The van der Waals surface area contributed by atoms with Crippen molar-refractivity contribution in [2.24, 2.45) is 5.92 Å². The fourth-order valence-corrected chi connectivity index (χ4v) is 2.23. The zero-order valence-corrected chi connectivity index (χ0v) is 9.81. The van der Waals surface area contributed by atoms with Crippen molar-refractivity contribution in [3.05, 3.63) is 0 Å². The molecule has 1 atom stereocenters. The fourth-order valence-electron chi connectivity index (χ4n) is 2.23. The molecule has 1 aliphatic rings. The molecule has 1 saturated carbocycles. The summed E-state index contributed by atoms with van der Waals surface area (Å²) in [6, 6.07) is 0.263. The average Bonchev–Trinajstić information content (AvgIpc) is 2.67. The Balaban J connectivity index is 2.13. The quantitative estimate of drug-likeness (QED) is 0.705. The number of hydrogen-bond donors (Lipinski definition) is 1. The number of carbonyl (C=O) groups is 1. The molecule has 15 heavy (non-hydrogen) atoms. The van der Waals surface area contributed by atoms with Crippen LogP contribution in [-0.4, -0.2) is 11.9 Å². The number of carbonyl (C=O) groups excluding carboxylic acids is 1. The first kappa shape index (κ1) is 12.1. The van der Waals surface area contributed by atoms with Gasteiger partial charge >= 0.3 is 0 Å². The Kier molecular flexibility index (Phi) is 5.25. The number of hydrogen-bond acceptors (Lipinski definition) is 1. The van der Waals surface area contributed by atoms with Crippen LogP contribution in [0.2, 0.25) is 0 Å². The SMILES string of the molecule is CC#CC(=O)N[C@H](C)CCC1CCCC1. The third-order valence-corrected chi connectivity index (χ3v) is 3.10. The first-order valence-electron chi connectivity index (χ1n) is 5.95. The topological polar surface area (TPSA) is 29.1 Å². The monoisotopic (exact) mass is 207 g/mol. The lowest BCUT2D eigenvalue weighted by Gasteiger charge is -2.14. The van der Waals surface area contributed by atoms with Gasteiger partial charge in [-0.2, -0.15) is 0 Å². The van der Waals surface area contributed by atoms with E-state index < -0.39 is 0 Å². The highest BCUT2D eigenvalue weighted by Crippen LogP contribution is 2.28. The van der Waals surface area contributed by atoms with Gasteiger partial charge in [-0.25, -0.2) is 0 Å². The summed E-state index contributed by atoms with van der Waals surface area (Å²) < 4.78 is 0. The molecular weight excluding hydrogens is 186 g/mol. The lowest BCUT2D eigenvalue weighted by molar-refractivity contribution is -0.116. The summed E-state index contributed by atoms with van der Waals surface area (Å²) in [4.78, 5) is 11.2. The maximum absolute atomic E-state index is 11.2. The molecule has 0 saturated heterocycles. The lowest BCUT2D eigenvalue weighted by Crippen LogP contribution is -2.31. The second-order valence-corrected chi connectivity index (χ2v) is 4.48. The van der Waals surface area contributed by atoms with Crippen LogP contribution in [0.4, 0.5) is 0 Å². The number of nitrogens with one attached hydrogen (secondary N) is 1. The zero-order chi connectivity index (χ0) is 11.1. The molecule has 1 N–H and O–H groups in total. The van der Waals surface area contributed by atoms with E-state index in [0.717, 1.165) is 12.3 Å². The van der Waals surface area contributed by atoms with Crippen molar-refractivity contribution >= 4 is 5.91 Å². The van der Waals surface area contributed by atoms with Crippen molar-refractivity contribution in [1.29, 1.82) is 0 Å². The highest BCUT2D eigenvalue weighted by molar-refractivity contribution is 5.93. The Labute approximate surface area is 92.8 Å². The zero-order valence-electron chi connectivity index (χ0n) is 9.81. The Morgan fingerprint density at radius 2 is 2.13 bits per heavy atom. The smallest absolute Gasteiger partial charge is 0.296 e. The molecule has 2 heteroatoms. The molecule has 1 amide bonds. The van der Waals surface area contributed by atoms with E-state index in [0.29, 0.717) is 0 Å². The molecule has 84 valence electrons. The highest BCUT2D eigenvalue weighted by Gasteiger charge is 2.16. The van der Waals surface area contributed by atoms with Crippen molar-refractivity contribution in [2.45, 2.75) is 58.4 Å². The summed E-state index contributed by atoms with van der Waals surface area (Å²) in [6.07, 6.45) is 7.90. The van der Waals surface area contributed by atoms with Gasteiger partial charge in [0.05, 0.1) is 0 Å². The van der Waals surface area contributed by atoms with Gasteiger partial charge in [0.2, 0.25) is 0 Å². The van der Waals surface area contributed by atoms with Crippen LogP contribution in [0.1, 0.15) is 52.4 Å². The van der Waals surface area contributed by atoms with E-state index in [2.05, 4.69) is 24.1 Å². The summed E-state index contributed by atoms with van der Waals surface area (Å²) in [6.45, 7) is 3.74. The van der Waals surface area contributed by atoms with E-state index in [1.165, 1.54) is 32.1 Å². The van der Waals surface area contributed by atoms with Gasteiger partial charge in [-0.15, -0.1) is 0 Å². The van der Waals surface area contributed by atoms with Gasteiger partial charge in [0.1, 0.15) is 0 Å². The van der Waals surface area contributed by atoms with E-state index in [4.69, 9.17) is 0 Å². The summed E-state index contributed by atoms with van der Waals surface area (Å²) in [7, 11) is 0. The average molecular weight is 207 g/mol. The largest absolute Gasteiger partial charge is 0.343 e. The highest BCUT2D eigenvalue weighted by atomic mass is 16.1. The van der Waals surface area contributed by atoms with Gasteiger partial charge in [0.25, 0.3) is 5.91 Å². The van der Waals surface area contributed by atoms with Crippen molar-refractivity contribution in [3.8, 4) is 11.8 Å². The molecule has 0 bridgehead atoms. The van der Waals surface area contributed by atoms with E-state index >= 15 is 0 Å². The third-order valence-electron chi connectivity index (χ3n) is 3.10. The van der Waals surface area contributed by atoms with Crippen molar-refractivity contribution in [2.75, 3.05) is 0 Å². The number of rotatable bonds is 4. The molecule has 0 heterocycles.